The summed E-state index contributed by atoms with van der Waals surface area (Å²) < 4.78 is 0. The van der Waals surface area contributed by atoms with E-state index in [1.807, 2.05) is 6.07 Å². The van der Waals surface area contributed by atoms with Crippen molar-refractivity contribution in [2.24, 2.45) is 5.73 Å². The van der Waals surface area contributed by atoms with Gasteiger partial charge in [0.1, 0.15) is 12.1 Å². The summed E-state index contributed by atoms with van der Waals surface area (Å²) in [5, 5.41) is 22.5. The number of hydrogen-bond donors (Lipinski definition) is 5. The molecule has 8 heteroatoms. The van der Waals surface area contributed by atoms with E-state index in [9.17, 15) is 14.4 Å². The summed E-state index contributed by atoms with van der Waals surface area (Å²) in [6.45, 7) is 0.723. The van der Waals surface area contributed by atoms with Gasteiger partial charge in [-0.05, 0) is 12.5 Å². The molecule has 0 unspecified atom stereocenters. The van der Waals surface area contributed by atoms with Crippen LogP contribution in [0.5, 0.6) is 0 Å². The second-order valence-electron chi connectivity index (χ2n) is 5.12. The third-order valence-electron chi connectivity index (χ3n) is 3.13. The standard InChI is InChI=1S/C15H21N3O5/c1-9(16)13(20)17-11(7-10-5-3-2-4-6-10)14(21)18-12(8-19)15(22)23/h2-6,9,11-12,19H,7-8,16H2,1H3,(H,17,20)(H,18,21)(H,22,23)/t9-,11-,12-/m0/s1. The smallest absolute Gasteiger partial charge is 0.328 e. The summed E-state index contributed by atoms with van der Waals surface area (Å²) in [5.74, 6) is -2.60. The average molecular weight is 323 g/mol. The van der Waals surface area contributed by atoms with Gasteiger partial charge in [-0.25, -0.2) is 4.79 Å². The van der Waals surface area contributed by atoms with Crippen molar-refractivity contribution in [2.75, 3.05) is 6.61 Å². The van der Waals surface area contributed by atoms with Crippen molar-refractivity contribution >= 4 is 17.8 Å². The molecule has 8 nitrogen and oxygen atoms in total. The van der Waals surface area contributed by atoms with Crippen LogP contribution in [0, 0.1) is 0 Å². The molecule has 2 amide bonds. The summed E-state index contributed by atoms with van der Waals surface area (Å²) in [6, 6.07) is 5.69. The Bertz CT molecular complexity index is 547. The molecule has 0 bridgehead atoms. The number of rotatable bonds is 8. The number of amides is 2. The number of carboxylic acids is 1. The molecule has 0 radical (unpaired) electrons. The van der Waals surface area contributed by atoms with Crippen LogP contribution in [0.25, 0.3) is 0 Å². The van der Waals surface area contributed by atoms with Crippen molar-refractivity contribution in [1.82, 2.24) is 10.6 Å². The molecular formula is C15H21N3O5. The van der Waals surface area contributed by atoms with Gasteiger partial charge in [-0.15, -0.1) is 0 Å². The SMILES string of the molecule is C[C@H](N)C(=O)N[C@@H](Cc1ccccc1)C(=O)N[C@@H](CO)C(=O)O. The molecule has 0 heterocycles. The number of benzene rings is 1. The maximum Gasteiger partial charge on any atom is 0.328 e. The molecule has 126 valence electrons. The van der Waals surface area contributed by atoms with Crippen LogP contribution >= 0.6 is 0 Å². The van der Waals surface area contributed by atoms with Crippen molar-refractivity contribution in [3.63, 3.8) is 0 Å². The number of carbonyl (C=O) groups is 3. The van der Waals surface area contributed by atoms with E-state index in [2.05, 4.69) is 10.6 Å². The van der Waals surface area contributed by atoms with Crippen LogP contribution in [0.15, 0.2) is 30.3 Å². The lowest BCUT2D eigenvalue weighted by Gasteiger charge is -2.21. The summed E-state index contributed by atoms with van der Waals surface area (Å²) >= 11 is 0. The van der Waals surface area contributed by atoms with Crippen LogP contribution < -0.4 is 16.4 Å². The van der Waals surface area contributed by atoms with Crippen molar-refractivity contribution in [2.45, 2.75) is 31.5 Å². The van der Waals surface area contributed by atoms with E-state index in [4.69, 9.17) is 15.9 Å². The lowest BCUT2D eigenvalue weighted by atomic mass is 10.0. The van der Waals surface area contributed by atoms with E-state index in [0.29, 0.717) is 0 Å². The Morgan fingerprint density at radius 1 is 1.09 bits per heavy atom. The number of carboxylic acid groups (broad SMARTS) is 1. The van der Waals surface area contributed by atoms with Gasteiger partial charge >= 0.3 is 5.97 Å². The summed E-state index contributed by atoms with van der Waals surface area (Å²) in [5.41, 5.74) is 6.26. The molecule has 1 rings (SSSR count). The summed E-state index contributed by atoms with van der Waals surface area (Å²) in [6.07, 6.45) is 0.170. The summed E-state index contributed by atoms with van der Waals surface area (Å²) in [4.78, 5) is 34.9. The Morgan fingerprint density at radius 3 is 2.13 bits per heavy atom. The molecule has 0 aliphatic heterocycles. The Labute approximate surface area is 133 Å². The van der Waals surface area contributed by atoms with Gasteiger partial charge in [-0.1, -0.05) is 30.3 Å². The monoisotopic (exact) mass is 323 g/mol. The third-order valence-corrected chi connectivity index (χ3v) is 3.13. The Balaban J connectivity index is 2.87. The first kappa shape index (κ1) is 18.6. The topological polar surface area (TPSA) is 142 Å². The van der Waals surface area contributed by atoms with Gasteiger partial charge in [-0.2, -0.15) is 0 Å². The molecule has 1 aromatic rings. The number of aliphatic hydroxyl groups is 1. The predicted molar refractivity (Wildman–Crippen MR) is 82.4 cm³/mol. The van der Waals surface area contributed by atoms with Crippen molar-refractivity contribution in [1.29, 1.82) is 0 Å². The zero-order valence-electron chi connectivity index (χ0n) is 12.7. The maximum absolute atomic E-state index is 12.2. The molecule has 1 aromatic carbocycles. The molecule has 3 atom stereocenters. The van der Waals surface area contributed by atoms with Gasteiger partial charge in [-0.3, -0.25) is 9.59 Å². The van der Waals surface area contributed by atoms with Crippen molar-refractivity contribution in [3.05, 3.63) is 35.9 Å². The molecule has 23 heavy (non-hydrogen) atoms. The highest BCUT2D eigenvalue weighted by Crippen LogP contribution is 2.04. The molecular weight excluding hydrogens is 302 g/mol. The minimum Gasteiger partial charge on any atom is -0.480 e. The third kappa shape index (κ3) is 6.05. The largest absolute Gasteiger partial charge is 0.480 e. The Hall–Kier alpha value is -2.45. The Morgan fingerprint density at radius 2 is 1.65 bits per heavy atom. The molecule has 6 N–H and O–H groups in total. The highest BCUT2D eigenvalue weighted by Gasteiger charge is 2.27. The van der Waals surface area contributed by atoms with Crippen molar-refractivity contribution in [3.8, 4) is 0 Å². The van der Waals surface area contributed by atoms with E-state index in [1.54, 1.807) is 24.3 Å². The maximum atomic E-state index is 12.2. The zero-order chi connectivity index (χ0) is 17.4. The normalized spacial score (nSPS) is 14.4. The second kappa shape index (κ2) is 8.86. The van der Waals surface area contributed by atoms with E-state index < -0.39 is 42.5 Å². The minimum atomic E-state index is -1.44. The van der Waals surface area contributed by atoms with Gasteiger partial charge < -0.3 is 26.6 Å². The van der Waals surface area contributed by atoms with Gasteiger partial charge in [0.15, 0.2) is 0 Å². The van der Waals surface area contributed by atoms with Gasteiger partial charge in [0.25, 0.3) is 0 Å². The highest BCUT2D eigenvalue weighted by atomic mass is 16.4. The molecule has 0 spiro atoms. The fourth-order valence-corrected chi connectivity index (χ4v) is 1.82. The predicted octanol–water partition coefficient (Wildman–Crippen LogP) is -1.38. The van der Waals surface area contributed by atoms with Crippen LogP contribution in [0.3, 0.4) is 0 Å². The number of hydrogen-bond acceptors (Lipinski definition) is 5. The summed E-state index contributed by atoms with van der Waals surface area (Å²) in [7, 11) is 0. The average Bonchev–Trinajstić information content (AvgIpc) is 2.52. The Kier molecular flexibility index (Phi) is 7.17. The van der Waals surface area contributed by atoms with E-state index in [1.165, 1.54) is 6.92 Å². The number of aliphatic hydroxyl groups excluding tert-OH is 1. The fraction of sp³-hybridized carbons (Fsp3) is 0.400. The van der Waals surface area contributed by atoms with Crippen LogP contribution in [0.4, 0.5) is 0 Å². The first-order valence-electron chi connectivity index (χ1n) is 7.09. The van der Waals surface area contributed by atoms with Crippen LogP contribution in [-0.2, 0) is 20.8 Å². The van der Waals surface area contributed by atoms with Crippen LogP contribution in [0.1, 0.15) is 12.5 Å². The highest BCUT2D eigenvalue weighted by molar-refractivity contribution is 5.91. The zero-order valence-corrected chi connectivity index (χ0v) is 12.7. The first-order chi connectivity index (χ1) is 10.8. The second-order valence-corrected chi connectivity index (χ2v) is 5.12. The minimum absolute atomic E-state index is 0.170. The molecule has 0 fully saturated rings. The lowest BCUT2D eigenvalue weighted by Crippen LogP contribution is -2.55. The van der Waals surface area contributed by atoms with Crippen LogP contribution in [-0.4, -0.2) is 52.7 Å². The van der Waals surface area contributed by atoms with Gasteiger partial charge in [0.05, 0.1) is 12.6 Å². The number of carbonyl (C=O) groups excluding carboxylic acids is 2. The quantitative estimate of drug-likeness (QED) is 0.399. The lowest BCUT2D eigenvalue weighted by molar-refractivity contribution is -0.143. The van der Waals surface area contributed by atoms with Gasteiger partial charge in [0, 0.05) is 6.42 Å². The number of nitrogens with two attached hydrogens (primary N) is 1. The van der Waals surface area contributed by atoms with Gasteiger partial charge in [0.2, 0.25) is 11.8 Å². The first-order valence-corrected chi connectivity index (χ1v) is 7.09. The fourth-order valence-electron chi connectivity index (χ4n) is 1.82. The van der Waals surface area contributed by atoms with Crippen molar-refractivity contribution < 1.29 is 24.6 Å². The molecule has 0 saturated carbocycles. The molecule has 0 aliphatic rings. The number of aliphatic carboxylic acids is 1. The van der Waals surface area contributed by atoms with E-state index in [-0.39, 0.29) is 6.42 Å². The van der Waals surface area contributed by atoms with E-state index in [0.717, 1.165) is 5.56 Å². The molecule has 0 aromatic heterocycles. The molecule has 0 saturated heterocycles. The van der Waals surface area contributed by atoms with E-state index >= 15 is 0 Å². The van der Waals surface area contributed by atoms with Crippen LogP contribution in [0.2, 0.25) is 0 Å². The number of nitrogens with one attached hydrogen (secondary N) is 2. The molecule has 0 aliphatic carbocycles.